The second-order valence-electron chi connectivity index (χ2n) is 11.5. The van der Waals surface area contributed by atoms with Crippen LogP contribution >= 0.6 is 11.6 Å². The number of amides is 1. The third-order valence-corrected chi connectivity index (χ3v) is 11.0. The molecule has 0 radical (unpaired) electrons. The molecule has 9 nitrogen and oxygen atoms in total. The van der Waals surface area contributed by atoms with E-state index in [1.165, 1.54) is 10.5 Å². The highest BCUT2D eigenvalue weighted by Gasteiger charge is 2.38. The quantitative estimate of drug-likeness (QED) is 0.300. The second kappa shape index (κ2) is 14.4. The number of carbonyl (C=O) groups excluding carboxylic acids is 1. The predicted molar refractivity (Wildman–Crippen MR) is 168 cm³/mol. The minimum atomic E-state index is -3.78. The number of anilines is 1. The van der Waals surface area contributed by atoms with Crippen LogP contribution in [0.5, 0.6) is 0 Å². The van der Waals surface area contributed by atoms with Gasteiger partial charge in [0.2, 0.25) is 15.9 Å². The molecule has 0 spiro atoms. The first-order valence-electron chi connectivity index (χ1n) is 15.0. The van der Waals surface area contributed by atoms with Gasteiger partial charge in [0.25, 0.3) is 0 Å². The Morgan fingerprint density at radius 3 is 2.55 bits per heavy atom. The zero-order chi connectivity index (χ0) is 31.3. The largest absolute Gasteiger partial charge is 0.381 e. The number of hydrogen-bond donors (Lipinski definition) is 3. The molecule has 2 fully saturated rings. The SMILES string of the molecule is C[C@H]1CNC[C@H](CCc2c(F)cncc2NC(=O)[C@@H](N)C(c2ccc(Cl)cc2)C2CCOCC2)N1S(=O)(=O)c1ccccc1. The highest BCUT2D eigenvalue weighted by Crippen LogP contribution is 2.35. The van der Waals surface area contributed by atoms with E-state index < -0.39 is 33.8 Å². The maximum Gasteiger partial charge on any atom is 0.243 e. The van der Waals surface area contributed by atoms with Gasteiger partial charge in [0.1, 0.15) is 5.82 Å². The van der Waals surface area contributed by atoms with E-state index in [9.17, 15) is 13.2 Å². The van der Waals surface area contributed by atoms with E-state index in [-0.39, 0.29) is 40.4 Å². The van der Waals surface area contributed by atoms with Crippen molar-refractivity contribution in [3.8, 4) is 0 Å². The monoisotopic (exact) mass is 643 g/mol. The number of benzene rings is 2. The molecular weight excluding hydrogens is 605 g/mol. The summed E-state index contributed by atoms with van der Waals surface area (Å²) >= 11 is 6.13. The molecule has 1 aromatic heterocycles. The summed E-state index contributed by atoms with van der Waals surface area (Å²) < 4.78 is 49.6. The molecule has 0 saturated carbocycles. The lowest BCUT2D eigenvalue weighted by Gasteiger charge is -2.40. The number of rotatable bonds is 10. The molecule has 2 saturated heterocycles. The van der Waals surface area contributed by atoms with Crippen molar-refractivity contribution in [2.24, 2.45) is 11.7 Å². The van der Waals surface area contributed by atoms with Crippen LogP contribution in [0, 0.1) is 11.7 Å². The van der Waals surface area contributed by atoms with Crippen molar-refractivity contribution in [2.45, 2.75) is 61.5 Å². The number of piperazine rings is 1. The number of halogens is 2. The Hall–Kier alpha value is -2.93. The van der Waals surface area contributed by atoms with Crippen LogP contribution in [0.1, 0.15) is 43.2 Å². The second-order valence-corrected chi connectivity index (χ2v) is 13.8. The molecule has 236 valence electrons. The first-order valence-corrected chi connectivity index (χ1v) is 16.8. The van der Waals surface area contributed by atoms with Crippen LogP contribution in [0.25, 0.3) is 0 Å². The zero-order valence-electron chi connectivity index (χ0n) is 24.7. The zero-order valence-corrected chi connectivity index (χ0v) is 26.2. The van der Waals surface area contributed by atoms with Gasteiger partial charge in [-0.05, 0) is 68.4 Å². The number of nitrogens with zero attached hydrogens (tertiary/aromatic N) is 2. The summed E-state index contributed by atoms with van der Waals surface area (Å²) in [7, 11) is -3.78. The van der Waals surface area contributed by atoms with Crippen molar-refractivity contribution in [2.75, 3.05) is 31.6 Å². The van der Waals surface area contributed by atoms with Gasteiger partial charge in [-0.2, -0.15) is 4.31 Å². The molecule has 5 rings (SSSR count). The summed E-state index contributed by atoms with van der Waals surface area (Å²) in [6.45, 7) is 3.96. The molecule has 2 aliphatic rings. The molecule has 0 aliphatic carbocycles. The third-order valence-electron chi connectivity index (χ3n) is 8.64. The maximum atomic E-state index is 15.3. The lowest BCUT2D eigenvalue weighted by atomic mass is 9.76. The fourth-order valence-corrected chi connectivity index (χ4v) is 8.41. The van der Waals surface area contributed by atoms with Crippen molar-refractivity contribution in [1.82, 2.24) is 14.6 Å². The van der Waals surface area contributed by atoms with E-state index in [4.69, 9.17) is 22.1 Å². The Morgan fingerprint density at radius 2 is 1.84 bits per heavy atom. The van der Waals surface area contributed by atoms with Gasteiger partial charge in [-0.3, -0.25) is 9.78 Å². The summed E-state index contributed by atoms with van der Waals surface area (Å²) in [6, 6.07) is 14.0. The van der Waals surface area contributed by atoms with Crippen LogP contribution < -0.4 is 16.4 Å². The number of nitrogens with one attached hydrogen (secondary N) is 2. The molecule has 3 aromatic rings. The van der Waals surface area contributed by atoms with Gasteiger partial charge < -0.3 is 21.1 Å². The Labute approximate surface area is 263 Å². The molecule has 3 heterocycles. The minimum absolute atomic E-state index is 0.120. The standard InChI is InChI=1S/C32H39ClFN5O4S/c1-21-17-36-18-25(39(21)44(41,42)26-5-3-2-4-6-26)11-12-27-28(34)19-37-20-29(27)38-32(40)31(35)30(23-13-15-43-16-14-23)22-7-9-24(33)10-8-22/h2-10,19-21,23,25,30-31,36H,11-18,35H2,1H3,(H,38,40)/t21-,25-,30?,31-/m0/s1. The predicted octanol–water partition coefficient (Wildman–Crippen LogP) is 4.33. The number of hydrogen-bond acceptors (Lipinski definition) is 7. The molecule has 1 amide bonds. The molecule has 12 heteroatoms. The van der Waals surface area contributed by atoms with Crippen molar-refractivity contribution >= 4 is 33.2 Å². The molecule has 0 bridgehead atoms. The summed E-state index contributed by atoms with van der Waals surface area (Å²) in [4.78, 5) is 17.8. The first kappa shape index (κ1) is 32.5. The lowest BCUT2D eigenvalue weighted by molar-refractivity contribution is -0.118. The van der Waals surface area contributed by atoms with Crippen molar-refractivity contribution in [1.29, 1.82) is 0 Å². The fourth-order valence-electron chi connectivity index (χ4n) is 6.42. The number of sulfonamides is 1. The van der Waals surface area contributed by atoms with E-state index >= 15 is 4.39 Å². The van der Waals surface area contributed by atoms with E-state index in [0.717, 1.165) is 24.6 Å². The minimum Gasteiger partial charge on any atom is -0.381 e. The number of nitrogens with two attached hydrogens (primary N) is 1. The van der Waals surface area contributed by atoms with E-state index in [2.05, 4.69) is 15.6 Å². The average Bonchev–Trinajstić information content (AvgIpc) is 3.02. The summed E-state index contributed by atoms with van der Waals surface area (Å²) in [5.74, 6) is -1.21. The Kier molecular flexibility index (Phi) is 10.7. The summed E-state index contributed by atoms with van der Waals surface area (Å²) in [6.07, 6.45) is 4.54. The Morgan fingerprint density at radius 1 is 1.14 bits per heavy atom. The van der Waals surface area contributed by atoms with Crippen LogP contribution in [-0.2, 0) is 26.0 Å². The lowest BCUT2D eigenvalue weighted by Crippen LogP contribution is -2.58. The first-order chi connectivity index (χ1) is 21.2. The average molecular weight is 644 g/mol. The van der Waals surface area contributed by atoms with Crippen LogP contribution in [-0.4, -0.2) is 68.0 Å². The van der Waals surface area contributed by atoms with Crippen molar-refractivity contribution in [3.05, 3.63) is 89.0 Å². The fraction of sp³-hybridized carbons (Fsp3) is 0.438. The number of aromatic nitrogens is 1. The highest BCUT2D eigenvalue weighted by atomic mass is 35.5. The summed E-state index contributed by atoms with van der Waals surface area (Å²) in [5, 5.41) is 6.73. The molecule has 44 heavy (non-hydrogen) atoms. The van der Waals surface area contributed by atoms with Crippen LogP contribution in [0.2, 0.25) is 5.02 Å². The Bertz CT molecular complexity index is 1520. The van der Waals surface area contributed by atoms with Gasteiger partial charge in [-0.1, -0.05) is 41.9 Å². The topological polar surface area (TPSA) is 127 Å². The summed E-state index contributed by atoms with van der Waals surface area (Å²) in [5.41, 5.74) is 8.03. The number of ether oxygens (including phenoxy) is 1. The molecule has 1 unspecified atom stereocenters. The molecule has 2 aromatic carbocycles. The van der Waals surface area contributed by atoms with Gasteiger partial charge in [0.05, 0.1) is 29.0 Å². The van der Waals surface area contributed by atoms with Gasteiger partial charge in [0, 0.05) is 54.9 Å². The van der Waals surface area contributed by atoms with Gasteiger partial charge in [0.15, 0.2) is 0 Å². The molecule has 4 N–H and O–H groups in total. The van der Waals surface area contributed by atoms with E-state index in [0.29, 0.717) is 37.7 Å². The number of pyridine rings is 1. The van der Waals surface area contributed by atoms with Crippen LogP contribution in [0.15, 0.2) is 71.9 Å². The van der Waals surface area contributed by atoms with Gasteiger partial charge in [-0.25, -0.2) is 12.8 Å². The van der Waals surface area contributed by atoms with Gasteiger partial charge >= 0.3 is 0 Å². The van der Waals surface area contributed by atoms with Crippen LogP contribution in [0.4, 0.5) is 10.1 Å². The van der Waals surface area contributed by atoms with Crippen LogP contribution in [0.3, 0.4) is 0 Å². The third kappa shape index (κ3) is 7.30. The maximum absolute atomic E-state index is 15.3. The van der Waals surface area contributed by atoms with Crippen molar-refractivity contribution in [3.63, 3.8) is 0 Å². The molecule has 4 atom stereocenters. The number of carbonyl (C=O) groups is 1. The van der Waals surface area contributed by atoms with E-state index in [1.54, 1.807) is 42.5 Å². The normalized spacial score (nSPS) is 21.5. The molecular formula is C32H39ClFN5O4S. The van der Waals surface area contributed by atoms with Gasteiger partial charge in [-0.15, -0.1) is 0 Å². The van der Waals surface area contributed by atoms with Crippen molar-refractivity contribution < 1.29 is 22.3 Å². The van der Waals surface area contributed by atoms with E-state index in [1.807, 2.05) is 19.1 Å². The smallest absolute Gasteiger partial charge is 0.243 e. The Balaban J connectivity index is 1.35. The molecule has 2 aliphatic heterocycles. The highest BCUT2D eigenvalue weighted by molar-refractivity contribution is 7.89.